The van der Waals surface area contributed by atoms with E-state index in [9.17, 15) is 9.18 Å². The van der Waals surface area contributed by atoms with Crippen molar-refractivity contribution in [1.82, 2.24) is 0 Å². The van der Waals surface area contributed by atoms with Gasteiger partial charge in [0.1, 0.15) is 5.82 Å². The van der Waals surface area contributed by atoms with Gasteiger partial charge < -0.3 is 10.0 Å². The van der Waals surface area contributed by atoms with Crippen molar-refractivity contribution in [3.8, 4) is 0 Å². The largest absolute Gasteiger partial charge is 0.478 e. The van der Waals surface area contributed by atoms with Crippen molar-refractivity contribution in [3.63, 3.8) is 0 Å². The maximum atomic E-state index is 13.1. The number of anilines is 1. The van der Waals surface area contributed by atoms with Gasteiger partial charge in [0.05, 0.1) is 0 Å². The van der Waals surface area contributed by atoms with Gasteiger partial charge in [-0.05, 0) is 36.6 Å². The Bertz CT molecular complexity index is 482. The summed E-state index contributed by atoms with van der Waals surface area (Å²) in [5, 5.41) is 8.64. The second-order valence-electron chi connectivity index (χ2n) is 4.27. The molecule has 3 nitrogen and oxygen atoms in total. The summed E-state index contributed by atoms with van der Waals surface area (Å²) in [4.78, 5) is 12.5. The Kier molecular flexibility index (Phi) is 3.13. The zero-order valence-electron chi connectivity index (χ0n) is 9.61. The first-order valence-electron chi connectivity index (χ1n) is 5.50. The minimum Gasteiger partial charge on any atom is -0.478 e. The molecule has 4 heteroatoms. The van der Waals surface area contributed by atoms with Crippen LogP contribution in [0.25, 0.3) is 0 Å². The van der Waals surface area contributed by atoms with Crippen LogP contribution in [0.3, 0.4) is 0 Å². The first-order valence-corrected chi connectivity index (χ1v) is 5.50. The number of aliphatic carboxylic acids is 1. The number of carboxylic acid groups (broad SMARTS) is 1. The van der Waals surface area contributed by atoms with E-state index in [0.29, 0.717) is 6.54 Å². The smallest absolute Gasteiger partial charge is 0.328 e. The zero-order valence-corrected chi connectivity index (χ0v) is 9.61. The Morgan fingerprint density at radius 2 is 2.35 bits per heavy atom. The van der Waals surface area contributed by atoms with Crippen molar-refractivity contribution in [1.29, 1.82) is 0 Å². The van der Waals surface area contributed by atoms with Crippen LogP contribution in [0.2, 0.25) is 0 Å². The van der Waals surface area contributed by atoms with E-state index in [1.807, 2.05) is 4.90 Å². The van der Waals surface area contributed by atoms with Crippen molar-refractivity contribution < 1.29 is 14.3 Å². The minimum atomic E-state index is -0.943. The fourth-order valence-electron chi connectivity index (χ4n) is 2.14. The van der Waals surface area contributed by atoms with E-state index >= 15 is 0 Å². The van der Waals surface area contributed by atoms with Crippen molar-refractivity contribution in [2.45, 2.75) is 13.3 Å². The van der Waals surface area contributed by atoms with Crippen molar-refractivity contribution in [2.75, 3.05) is 18.0 Å². The Balaban J connectivity index is 2.17. The van der Waals surface area contributed by atoms with E-state index in [2.05, 4.69) is 0 Å². The third kappa shape index (κ3) is 2.64. The van der Waals surface area contributed by atoms with Gasteiger partial charge in [0.15, 0.2) is 0 Å². The Morgan fingerprint density at radius 1 is 1.59 bits per heavy atom. The number of benzene rings is 1. The van der Waals surface area contributed by atoms with Gasteiger partial charge in [-0.1, -0.05) is 6.07 Å². The van der Waals surface area contributed by atoms with Gasteiger partial charge in [-0.15, -0.1) is 0 Å². The Labute approximate surface area is 99.2 Å². The highest BCUT2D eigenvalue weighted by Crippen LogP contribution is 2.29. The molecular formula is C13H14FNO2. The van der Waals surface area contributed by atoms with E-state index in [-0.39, 0.29) is 5.82 Å². The average Bonchev–Trinajstić information content (AvgIpc) is 2.60. The lowest BCUT2D eigenvalue weighted by molar-refractivity contribution is -0.131. The predicted octanol–water partition coefficient (Wildman–Crippen LogP) is 2.22. The van der Waals surface area contributed by atoms with Crippen LogP contribution in [-0.4, -0.2) is 24.2 Å². The molecule has 1 aliphatic heterocycles. The molecule has 0 saturated carbocycles. The van der Waals surface area contributed by atoms with Crippen LogP contribution >= 0.6 is 0 Å². The number of carbonyl (C=O) groups is 1. The highest BCUT2D eigenvalue weighted by Gasteiger charge is 2.19. The zero-order chi connectivity index (χ0) is 12.4. The molecule has 1 aromatic carbocycles. The highest BCUT2D eigenvalue weighted by atomic mass is 19.1. The minimum absolute atomic E-state index is 0.254. The van der Waals surface area contributed by atoms with Crippen LogP contribution in [0.1, 0.15) is 12.5 Å². The number of carboxylic acids is 1. The Morgan fingerprint density at radius 3 is 3.06 bits per heavy atom. The molecule has 0 aliphatic carbocycles. The molecule has 1 heterocycles. The summed E-state index contributed by atoms with van der Waals surface area (Å²) < 4.78 is 13.1. The van der Waals surface area contributed by atoms with Gasteiger partial charge in [0.2, 0.25) is 0 Å². The van der Waals surface area contributed by atoms with Crippen LogP contribution in [0.4, 0.5) is 10.1 Å². The lowest BCUT2D eigenvalue weighted by Gasteiger charge is -2.19. The second kappa shape index (κ2) is 4.57. The topological polar surface area (TPSA) is 40.5 Å². The summed E-state index contributed by atoms with van der Waals surface area (Å²) in [5.41, 5.74) is 2.76. The number of fused-ring (bicyclic) bond motifs is 1. The van der Waals surface area contributed by atoms with Gasteiger partial charge in [-0.2, -0.15) is 0 Å². The Hall–Kier alpha value is -1.84. The molecule has 2 rings (SSSR count). The molecule has 0 saturated heterocycles. The summed E-state index contributed by atoms with van der Waals surface area (Å²) in [5.74, 6) is -1.20. The van der Waals surface area contributed by atoms with E-state index in [1.54, 1.807) is 13.0 Å². The monoisotopic (exact) mass is 235 g/mol. The molecule has 90 valence electrons. The van der Waals surface area contributed by atoms with Gasteiger partial charge >= 0.3 is 5.97 Å². The van der Waals surface area contributed by atoms with Gasteiger partial charge in [-0.3, -0.25) is 0 Å². The molecule has 1 aliphatic rings. The molecule has 0 spiro atoms. The standard InChI is InChI=1S/C13H14FNO2/c1-9(6-13(16)17)8-15-5-4-10-2-3-11(14)7-12(10)15/h2-3,6-7H,4-5,8H2,1H3,(H,16,17)/b9-6-. The third-order valence-electron chi connectivity index (χ3n) is 2.85. The summed E-state index contributed by atoms with van der Waals surface area (Å²) in [7, 11) is 0. The fraction of sp³-hybridized carbons (Fsp3) is 0.308. The van der Waals surface area contributed by atoms with Crippen LogP contribution < -0.4 is 4.90 Å². The third-order valence-corrected chi connectivity index (χ3v) is 2.85. The molecule has 0 atom stereocenters. The van der Waals surface area contributed by atoms with E-state index in [1.165, 1.54) is 18.2 Å². The van der Waals surface area contributed by atoms with E-state index in [4.69, 9.17) is 5.11 Å². The molecule has 0 fully saturated rings. The quantitative estimate of drug-likeness (QED) is 0.817. The summed E-state index contributed by atoms with van der Waals surface area (Å²) in [6.07, 6.45) is 2.08. The summed E-state index contributed by atoms with van der Waals surface area (Å²) in [6, 6.07) is 4.76. The number of nitrogens with zero attached hydrogens (tertiary/aromatic N) is 1. The van der Waals surface area contributed by atoms with Crippen LogP contribution in [0.15, 0.2) is 29.8 Å². The van der Waals surface area contributed by atoms with E-state index in [0.717, 1.165) is 29.8 Å². The molecule has 0 radical (unpaired) electrons. The number of hydrogen-bond donors (Lipinski definition) is 1. The second-order valence-corrected chi connectivity index (χ2v) is 4.27. The molecule has 1 aromatic rings. The first kappa shape index (κ1) is 11.6. The molecule has 0 bridgehead atoms. The lowest BCUT2D eigenvalue weighted by Crippen LogP contribution is -2.22. The lowest BCUT2D eigenvalue weighted by atomic mass is 10.1. The molecule has 17 heavy (non-hydrogen) atoms. The van der Waals surface area contributed by atoms with Crippen LogP contribution in [0.5, 0.6) is 0 Å². The van der Waals surface area contributed by atoms with Crippen molar-refractivity contribution >= 4 is 11.7 Å². The predicted molar refractivity (Wildman–Crippen MR) is 63.7 cm³/mol. The fourth-order valence-corrected chi connectivity index (χ4v) is 2.14. The molecule has 1 N–H and O–H groups in total. The maximum absolute atomic E-state index is 13.1. The summed E-state index contributed by atoms with van der Waals surface area (Å²) >= 11 is 0. The number of hydrogen-bond acceptors (Lipinski definition) is 2. The SMILES string of the molecule is C/C(=C/C(=O)O)CN1CCc2ccc(F)cc21. The highest BCUT2D eigenvalue weighted by molar-refractivity contribution is 5.80. The van der Waals surface area contributed by atoms with E-state index < -0.39 is 5.97 Å². The maximum Gasteiger partial charge on any atom is 0.328 e. The number of halogens is 1. The van der Waals surface area contributed by atoms with Gasteiger partial charge in [0.25, 0.3) is 0 Å². The first-order chi connectivity index (χ1) is 8.06. The van der Waals surface area contributed by atoms with Crippen LogP contribution in [0, 0.1) is 5.82 Å². The van der Waals surface area contributed by atoms with Gasteiger partial charge in [0, 0.05) is 24.9 Å². The molecule has 0 amide bonds. The van der Waals surface area contributed by atoms with Gasteiger partial charge in [-0.25, -0.2) is 9.18 Å². The summed E-state index contributed by atoms with van der Waals surface area (Å²) in [6.45, 7) is 3.11. The van der Waals surface area contributed by atoms with Crippen molar-refractivity contribution in [2.24, 2.45) is 0 Å². The normalized spacial score (nSPS) is 14.9. The average molecular weight is 235 g/mol. The number of rotatable bonds is 3. The molecule has 0 aromatic heterocycles. The van der Waals surface area contributed by atoms with Crippen LogP contribution in [-0.2, 0) is 11.2 Å². The van der Waals surface area contributed by atoms with Crippen molar-refractivity contribution in [3.05, 3.63) is 41.2 Å². The molecular weight excluding hydrogens is 221 g/mol. The molecule has 0 unspecified atom stereocenters.